The van der Waals surface area contributed by atoms with Crippen LogP contribution < -0.4 is 0 Å². The number of ketones is 1. The van der Waals surface area contributed by atoms with Gasteiger partial charge in [-0.05, 0) is 19.8 Å². The fourth-order valence-electron chi connectivity index (χ4n) is 0.762. The summed E-state index contributed by atoms with van der Waals surface area (Å²) < 4.78 is 0. The number of hydrogen-bond donors (Lipinski definition) is 0. The molecule has 0 bridgehead atoms. The van der Waals surface area contributed by atoms with Crippen molar-refractivity contribution in [3.05, 3.63) is 0 Å². The number of rotatable bonds is 7. The summed E-state index contributed by atoms with van der Waals surface area (Å²) in [6, 6.07) is 0. The Balaban J connectivity index is 0. The topological polar surface area (TPSA) is 52.6 Å². The summed E-state index contributed by atoms with van der Waals surface area (Å²) in [5, 5.41) is 0. The van der Waals surface area contributed by atoms with Gasteiger partial charge in [-0.15, -0.1) is 0 Å². The van der Waals surface area contributed by atoms with Crippen LogP contribution in [-0.2, 0) is 41.1 Å². The van der Waals surface area contributed by atoms with Gasteiger partial charge in [0.15, 0.2) is 0 Å². The minimum atomic E-state index is -0.608. The molecule has 0 aliphatic carbocycles. The second-order valence-electron chi connectivity index (χ2n) is 3.24. The Labute approximate surface area is 106 Å². The molecule has 4 nitrogen and oxygen atoms in total. The van der Waals surface area contributed by atoms with Crippen LogP contribution in [-0.4, -0.2) is 17.9 Å². The molecule has 86 valence electrons. The quantitative estimate of drug-likeness (QED) is 0.300. The molecule has 0 radical (unpaired) electrons. The van der Waals surface area contributed by atoms with E-state index in [0.717, 1.165) is 12.8 Å². The summed E-state index contributed by atoms with van der Waals surface area (Å²) in [5.41, 5.74) is 0. The first kappa shape index (κ1) is 17.2. The Morgan fingerprint density at radius 1 is 1.27 bits per heavy atom. The van der Waals surface area contributed by atoms with Crippen molar-refractivity contribution in [2.75, 3.05) is 0 Å². The summed E-state index contributed by atoms with van der Waals surface area (Å²) in [7, 11) is 0. The molecule has 1 unspecified atom stereocenters. The van der Waals surface area contributed by atoms with Crippen LogP contribution in [0.25, 0.3) is 0 Å². The van der Waals surface area contributed by atoms with Crippen molar-refractivity contribution in [3.63, 3.8) is 0 Å². The zero-order valence-electron chi connectivity index (χ0n) is 9.54. The summed E-state index contributed by atoms with van der Waals surface area (Å²) >= 11 is 0. The molecule has 0 N–H and O–H groups in total. The summed E-state index contributed by atoms with van der Waals surface area (Å²) in [6.45, 7) is 5.60. The first-order chi connectivity index (χ1) is 6.60. The fraction of sp³-hybridized carbons (Fsp3) is 0.800. The molecule has 5 heteroatoms. The van der Waals surface area contributed by atoms with Crippen LogP contribution in [0.4, 0.5) is 0 Å². The average Bonchev–Trinajstić information content (AvgIpc) is 2.14. The minimum Gasteiger partial charge on any atom is -0.299 e. The van der Waals surface area contributed by atoms with Gasteiger partial charge in [-0.1, -0.05) is 13.8 Å². The largest absolute Gasteiger partial charge is 0.349 e. The third-order valence-corrected chi connectivity index (χ3v) is 1.75. The normalized spacial score (nSPS) is 11.4. The molecule has 0 aliphatic heterocycles. The van der Waals surface area contributed by atoms with Gasteiger partial charge in [-0.2, -0.15) is 4.89 Å². The Kier molecular flexibility index (Phi) is 11.9. The first-order valence-corrected chi connectivity index (χ1v) is 4.98. The van der Waals surface area contributed by atoms with E-state index < -0.39 is 5.97 Å². The molecule has 0 amide bonds. The Morgan fingerprint density at radius 2 is 1.87 bits per heavy atom. The van der Waals surface area contributed by atoms with Crippen LogP contribution >= 0.6 is 0 Å². The molecule has 0 rings (SSSR count). The first-order valence-electron chi connectivity index (χ1n) is 4.98. The van der Waals surface area contributed by atoms with Crippen molar-refractivity contribution < 1.29 is 41.1 Å². The molecule has 0 spiro atoms. The molecule has 0 aromatic heterocycles. The van der Waals surface area contributed by atoms with E-state index in [4.69, 9.17) is 4.89 Å². The van der Waals surface area contributed by atoms with E-state index in [9.17, 15) is 9.59 Å². The molecule has 0 saturated carbocycles. The van der Waals surface area contributed by atoms with Gasteiger partial charge in [0, 0.05) is 28.1 Å². The SMILES string of the molecule is CCCC(=O)CC(=O)OOC(C)CC.[Ti]. The number of carbonyl (C=O) groups excluding carboxylic acids is 2. The van der Waals surface area contributed by atoms with Gasteiger partial charge in [0.25, 0.3) is 0 Å². The van der Waals surface area contributed by atoms with Crippen molar-refractivity contribution in [2.24, 2.45) is 0 Å². The Morgan fingerprint density at radius 3 is 2.33 bits per heavy atom. The third-order valence-electron chi connectivity index (χ3n) is 1.75. The fourth-order valence-corrected chi connectivity index (χ4v) is 0.762. The average molecular weight is 250 g/mol. The van der Waals surface area contributed by atoms with Crippen molar-refractivity contribution in [2.45, 2.75) is 52.6 Å². The number of hydrogen-bond acceptors (Lipinski definition) is 4. The van der Waals surface area contributed by atoms with Crippen LogP contribution in [0.1, 0.15) is 46.5 Å². The van der Waals surface area contributed by atoms with Gasteiger partial charge in [0.2, 0.25) is 0 Å². The minimum absolute atomic E-state index is 0. The van der Waals surface area contributed by atoms with Gasteiger partial charge in [0.05, 0.1) is 0 Å². The van der Waals surface area contributed by atoms with E-state index in [1.54, 1.807) is 6.92 Å². The molecule has 0 fully saturated rings. The van der Waals surface area contributed by atoms with Crippen molar-refractivity contribution in [1.29, 1.82) is 0 Å². The summed E-state index contributed by atoms with van der Waals surface area (Å²) in [4.78, 5) is 31.2. The number of carbonyl (C=O) groups is 2. The second kappa shape index (κ2) is 10.3. The molecule has 15 heavy (non-hydrogen) atoms. The van der Waals surface area contributed by atoms with Crippen molar-refractivity contribution in [1.82, 2.24) is 0 Å². The van der Waals surface area contributed by atoms with Gasteiger partial charge < -0.3 is 0 Å². The monoisotopic (exact) mass is 250 g/mol. The molecule has 1 atom stereocenters. The smallest absolute Gasteiger partial charge is 0.299 e. The third kappa shape index (κ3) is 10.1. The molecule has 0 saturated heterocycles. The molecule has 0 aliphatic rings. The van der Waals surface area contributed by atoms with Gasteiger partial charge in [-0.25, -0.2) is 4.79 Å². The molecule has 0 heterocycles. The van der Waals surface area contributed by atoms with E-state index in [1.807, 2.05) is 13.8 Å². The zero-order valence-corrected chi connectivity index (χ0v) is 11.1. The zero-order chi connectivity index (χ0) is 11.0. The van der Waals surface area contributed by atoms with Crippen LogP contribution in [0.15, 0.2) is 0 Å². The molecule has 0 aromatic rings. The van der Waals surface area contributed by atoms with Gasteiger partial charge >= 0.3 is 5.97 Å². The van der Waals surface area contributed by atoms with E-state index in [1.165, 1.54) is 0 Å². The van der Waals surface area contributed by atoms with E-state index in [-0.39, 0.29) is 40.0 Å². The van der Waals surface area contributed by atoms with Crippen LogP contribution in [0, 0.1) is 0 Å². The van der Waals surface area contributed by atoms with E-state index in [2.05, 4.69) is 4.89 Å². The Hall–Kier alpha value is -0.186. The summed E-state index contributed by atoms with van der Waals surface area (Å²) in [6.07, 6.45) is 1.61. The second-order valence-corrected chi connectivity index (χ2v) is 3.24. The van der Waals surface area contributed by atoms with Crippen molar-refractivity contribution in [3.8, 4) is 0 Å². The number of Topliss-reactive ketones (excluding diaryl/α,β-unsaturated/α-hetero) is 1. The predicted molar refractivity (Wildman–Crippen MR) is 51.5 cm³/mol. The van der Waals surface area contributed by atoms with Gasteiger partial charge in [0.1, 0.15) is 18.3 Å². The van der Waals surface area contributed by atoms with Gasteiger partial charge in [-0.3, -0.25) is 9.68 Å². The Bertz CT molecular complexity index is 194. The standard InChI is InChI=1S/C10H18O4.Ti/c1-4-6-9(11)7-10(12)14-13-8(3)5-2;/h8H,4-7H2,1-3H3;. The summed E-state index contributed by atoms with van der Waals surface area (Å²) in [5.74, 6) is -0.714. The predicted octanol–water partition coefficient (Wildman–Crippen LogP) is 2.02. The maximum absolute atomic E-state index is 11.0. The van der Waals surface area contributed by atoms with Crippen LogP contribution in [0.3, 0.4) is 0 Å². The molecule has 0 aromatic carbocycles. The van der Waals surface area contributed by atoms with Crippen LogP contribution in [0.5, 0.6) is 0 Å². The molecular formula is C10H18O4Ti. The van der Waals surface area contributed by atoms with Crippen molar-refractivity contribution >= 4 is 11.8 Å². The maximum atomic E-state index is 11.0. The van der Waals surface area contributed by atoms with E-state index in [0.29, 0.717) is 6.42 Å². The molecular weight excluding hydrogens is 232 g/mol. The van der Waals surface area contributed by atoms with E-state index >= 15 is 0 Å². The van der Waals surface area contributed by atoms with Crippen LogP contribution in [0.2, 0.25) is 0 Å². The maximum Gasteiger partial charge on any atom is 0.349 e.